The molecule has 0 radical (unpaired) electrons. The van der Waals surface area contributed by atoms with Crippen molar-refractivity contribution < 1.29 is 8.78 Å². The van der Waals surface area contributed by atoms with Crippen molar-refractivity contribution in [1.82, 2.24) is 25.2 Å². The van der Waals surface area contributed by atoms with Crippen LogP contribution in [0.2, 0.25) is 0 Å². The van der Waals surface area contributed by atoms with E-state index in [9.17, 15) is 0 Å². The van der Waals surface area contributed by atoms with Gasteiger partial charge in [-0.25, -0.2) is 18.7 Å². The van der Waals surface area contributed by atoms with Crippen LogP contribution in [0.3, 0.4) is 0 Å². The number of nitrogens with zero attached hydrogens (tertiary/aromatic N) is 4. The van der Waals surface area contributed by atoms with Crippen LogP contribution in [-0.2, 0) is 6.42 Å². The van der Waals surface area contributed by atoms with Crippen molar-refractivity contribution in [1.29, 1.82) is 0 Å². The van der Waals surface area contributed by atoms with Gasteiger partial charge in [0.05, 0.1) is 5.56 Å². The zero-order valence-electron chi connectivity index (χ0n) is 21.1. The lowest BCUT2D eigenvalue weighted by Crippen LogP contribution is -2.51. The number of anilines is 1. The van der Waals surface area contributed by atoms with Crippen LogP contribution in [0.25, 0.3) is 32.9 Å². The minimum atomic E-state index is -0.610. The second kappa shape index (κ2) is 9.03. The van der Waals surface area contributed by atoms with Gasteiger partial charge >= 0.3 is 0 Å². The summed E-state index contributed by atoms with van der Waals surface area (Å²) in [5.74, 6) is 0.115. The Morgan fingerprint density at radius 1 is 1.03 bits per heavy atom. The van der Waals surface area contributed by atoms with E-state index in [1.807, 2.05) is 24.3 Å². The predicted molar refractivity (Wildman–Crippen MR) is 143 cm³/mol. The van der Waals surface area contributed by atoms with E-state index >= 15 is 8.78 Å². The van der Waals surface area contributed by atoms with E-state index in [1.165, 1.54) is 18.9 Å². The first kappa shape index (κ1) is 23.0. The first-order valence-corrected chi connectivity index (χ1v) is 13.5. The Labute approximate surface area is 215 Å². The number of fused-ring (bicyclic) bond motifs is 4. The number of likely N-dealkylation sites (tertiary alicyclic amines) is 1. The van der Waals surface area contributed by atoms with Gasteiger partial charge in [-0.05, 0) is 57.8 Å². The van der Waals surface area contributed by atoms with Gasteiger partial charge in [-0.2, -0.15) is 0 Å². The molecule has 8 heteroatoms. The molecule has 3 aliphatic rings. The fourth-order valence-electron chi connectivity index (χ4n) is 6.71. The van der Waals surface area contributed by atoms with Crippen molar-refractivity contribution in [2.24, 2.45) is 0 Å². The number of H-pyrrole nitrogens is 1. The molecule has 3 saturated heterocycles. The number of aryl methyl sites for hydroxylation is 1. The Hall–Kier alpha value is -3.10. The highest BCUT2D eigenvalue weighted by molar-refractivity contribution is 6.00. The average Bonchev–Trinajstić information content (AvgIpc) is 3.61. The molecule has 2 N–H and O–H groups in total. The van der Waals surface area contributed by atoms with Crippen molar-refractivity contribution in [2.45, 2.75) is 56.7 Å². The van der Waals surface area contributed by atoms with E-state index in [0.717, 1.165) is 49.8 Å². The maximum Gasteiger partial charge on any atom is 0.160 e. The zero-order chi connectivity index (χ0) is 25.1. The molecule has 3 atom stereocenters. The molecular formula is C29H32F2N6. The van der Waals surface area contributed by atoms with Crippen molar-refractivity contribution in [3.05, 3.63) is 54.0 Å². The first-order chi connectivity index (χ1) is 18.0. The van der Waals surface area contributed by atoms with E-state index in [0.29, 0.717) is 47.1 Å². The molecule has 2 aromatic heterocycles. The quantitative estimate of drug-likeness (QED) is 0.401. The number of nitrogens with one attached hydrogen (secondary N) is 2. The summed E-state index contributed by atoms with van der Waals surface area (Å²) in [5.41, 5.74) is 1.54. The summed E-state index contributed by atoms with van der Waals surface area (Å²) in [6, 6.07) is 10.3. The van der Waals surface area contributed by atoms with Gasteiger partial charge in [0.2, 0.25) is 0 Å². The second-order valence-corrected chi connectivity index (χ2v) is 11.0. The van der Waals surface area contributed by atoms with Gasteiger partial charge in [-0.15, -0.1) is 0 Å². The van der Waals surface area contributed by atoms with E-state index in [1.54, 1.807) is 6.20 Å². The number of halogens is 2. The van der Waals surface area contributed by atoms with Gasteiger partial charge in [-0.1, -0.05) is 18.2 Å². The third-order valence-corrected chi connectivity index (χ3v) is 8.66. The van der Waals surface area contributed by atoms with Crippen LogP contribution in [0.15, 0.2) is 36.5 Å². The molecule has 0 amide bonds. The smallest absolute Gasteiger partial charge is 0.160 e. The fraction of sp³-hybridized carbons (Fsp3) is 0.448. The summed E-state index contributed by atoms with van der Waals surface area (Å²) < 4.78 is 32.1. The van der Waals surface area contributed by atoms with Gasteiger partial charge in [0.1, 0.15) is 23.0 Å². The zero-order valence-corrected chi connectivity index (χ0v) is 21.1. The Morgan fingerprint density at radius 3 is 2.62 bits per heavy atom. The summed E-state index contributed by atoms with van der Waals surface area (Å²) in [4.78, 5) is 17.5. The third-order valence-electron chi connectivity index (χ3n) is 8.66. The van der Waals surface area contributed by atoms with E-state index in [4.69, 9.17) is 9.97 Å². The van der Waals surface area contributed by atoms with E-state index < -0.39 is 11.6 Å². The van der Waals surface area contributed by atoms with E-state index in [-0.39, 0.29) is 11.1 Å². The Morgan fingerprint density at radius 2 is 1.84 bits per heavy atom. The van der Waals surface area contributed by atoms with Crippen LogP contribution >= 0.6 is 0 Å². The second-order valence-electron chi connectivity index (χ2n) is 11.0. The average molecular weight is 503 g/mol. The van der Waals surface area contributed by atoms with Crippen molar-refractivity contribution in [2.75, 3.05) is 31.6 Å². The van der Waals surface area contributed by atoms with Crippen LogP contribution in [0, 0.1) is 11.6 Å². The minimum absolute atomic E-state index is 0.0311. The third kappa shape index (κ3) is 3.97. The largest absolute Gasteiger partial charge is 0.361 e. The highest BCUT2D eigenvalue weighted by atomic mass is 19.1. The van der Waals surface area contributed by atoms with Gasteiger partial charge in [0.25, 0.3) is 0 Å². The highest BCUT2D eigenvalue weighted by Gasteiger charge is 2.34. The number of para-hydroxylation sites is 1. The summed E-state index contributed by atoms with van der Waals surface area (Å²) in [5, 5.41) is 4.89. The number of hydrogen-bond acceptors (Lipinski definition) is 5. The lowest BCUT2D eigenvalue weighted by molar-refractivity contribution is 0.295. The first-order valence-electron chi connectivity index (χ1n) is 13.5. The summed E-state index contributed by atoms with van der Waals surface area (Å²) in [6.07, 6.45) is 7.92. The molecule has 6 nitrogen and oxygen atoms in total. The van der Waals surface area contributed by atoms with Crippen LogP contribution < -0.4 is 10.2 Å². The molecule has 0 spiro atoms. The lowest BCUT2D eigenvalue weighted by Gasteiger charge is -2.34. The number of aromatic amines is 1. The SMILES string of the molecule is CN1CCCC1CCc1nc(N2CC3CCC(C2)N3)c2cc(F)c(-c3c[nH]c4ccccc34)c(F)c2n1. The fourth-order valence-corrected chi connectivity index (χ4v) is 6.71. The number of piperazine rings is 1. The van der Waals surface area contributed by atoms with Crippen molar-refractivity contribution >= 4 is 27.6 Å². The molecule has 0 saturated carbocycles. The topological polar surface area (TPSA) is 60.1 Å². The predicted octanol–water partition coefficient (Wildman–Crippen LogP) is 5.02. The molecule has 2 aromatic carbocycles. The molecule has 2 bridgehead atoms. The van der Waals surface area contributed by atoms with Gasteiger partial charge in [-0.3, -0.25) is 0 Å². The van der Waals surface area contributed by atoms with Crippen LogP contribution in [0.5, 0.6) is 0 Å². The standard InChI is InChI=1S/C29H32F2N6/c1-36-12-4-5-19(36)10-11-25-34-28-21(29(35-25)37-15-17-8-9-18(16-37)33-17)13-23(30)26(27(28)31)22-14-32-24-7-3-2-6-20(22)24/h2-3,6-7,13-14,17-19,32-33H,4-5,8-12,15-16H2,1H3. The summed E-state index contributed by atoms with van der Waals surface area (Å²) in [6.45, 7) is 2.70. The van der Waals surface area contributed by atoms with Crippen LogP contribution in [0.1, 0.15) is 37.9 Å². The molecule has 4 aromatic rings. The van der Waals surface area contributed by atoms with Gasteiger partial charge in [0, 0.05) is 65.7 Å². The van der Waals surface area contributed by atoms with Crippen LogP contribution in [-0.4, -0.2) is 64.7 Å². The number of rotatable bonds is 5. The Balaban J connectivity index is 1.36. The maximum absolute atomic E-state index is 16.3. The molecule has 5 heterocycles. The molecule has 192 valence electrons. The highest BCUT2D eigenvalue weighted by Crippen LogP contribution is 2.38. The Bertz CT molecular complexity index is 1470. The number of aromatic nitrogens is 3. The molecule has 3 fully saturated rings. The summed E-state index contributed by atoms with van der Waals surface area (Å²) in [7, 11) is 2.16. The van der Waals surface area contributed by atoms with Crippen molar-refractivity contribution in [3.63, 3.8) is 0 Å². The monoisotopic (exact) mass is 502 g/mol. The molecule has 3 unspecified atom stereocenters. The molecule has 0 aliphatic carbocycles. The normalized spacial score (nSPS) is 24.1. The molecular weight excluding hydrogens is 470 g/mol. The molecule has 7 rings (SSSR count). The molecule has 37 heavy (non-hydrogen) atoms. The van der Waals surface area contributed by atoms with E-state index in [2.05, 4.69) is 27.1 Å². The minimum Gasteiger partial charge on any atom is -0.361 e. The summed E-state index contributed by atoms with van der Waals surface area (Å²) >= 11 is 0. The van der Waals surface area contributed by atoms with Crippen molar-refractivity contribution in [3.8, 4) is 11.1 Å². The lowest BCUT2D eigenvalue weighted by atomic mass is 10.0. The van der Waals surface area contributed by atoms with Crippen LogP contribution in [0.4, 0.5) is 14.6 Å². The Kier molecular flexibility index (Phi) is 5.62. The number of hydrogen-bond donors (Lipinski definition) is 2. The molecule has 3 aliphatic heterocycles. The number of benzene rings is 2. The maximum atomic E-state index is 16.3. The van der Waals surface area contributed by atoms with Gasteiger partial charge < -0.3 is 20.1 Å². The van der Waals surface area contributed by atoms with Gasteiger partial charge in [0.15, 0.2) is 5.82 Å².